The van der Waals surface area contributed by atoms with Crippen molar-refractivity contribution in [2.45, 2.75) is 76.7 Å². The van der Waals surface area contributed by atoms with E-state index in [0.717, 1.165) is 18.4 Å². The number of rotatable bonds is 6. The van der Waals surface area contributed by atoms with E-state index in [4.69, 9.17) is 0 Å². The minimum Gasteiger partial charge on any atom is -0.310 e. The van der Waals surface area contributed by atoms with Crippen LogP contribution in [-0.4, -0.2) is 6.54 Å². The predicted molar refractivity (Wildman–Crippen MR) is 90.6 cm³/mol. The summed E-state index contributed by atoms with van der Waals surface area (Å²) in [5.41, 5.74) is 3.15. The van der Waals surface area contributed by atoms with E-state index in [1.807, 2.05) is 0 Å². The lowest BCUT2D eigenvalue weighted by Crippen LogP contribution is -2.30. The van der Waals surface area contributed by atoms with E-state index in [9.17, 15) is 0 Å². The molecule has 2 saturated carbocycles. The highest BCUT2D eigenvalue weighted by Crippen LogP contribution is 2.39. The van der Waals surface area contributed by atoms with E-state index < -0.39 is 0 Å². The third kappa shape index (κ3) is 3.69. The van der Waals surface area contributed by atoms with E-state index in [-0.39, 0.29) is 0 Å². The molecule has 2 aliphatic carbocycles. The van der Waals surface area contributed by atoms with Gasteiger partial charge in [-0.25, -0.2) is 0 Å². The van der Waals surface area contributed by atoms with Gasteiger partial charge in [-0.3, -0.25) is 0 Å². The summed E-state index contributed by atoms with van der Waals surface area (Å²) in [6.07, 6.45) is 12.6. The van der Waals surface area contributed by atoms with Gasteiger partial charge in [-0.15, -0.1) is 0 Å². The smallest absolute Gasteiger partial charge is 0.0348 e. The fourth-order valence-electron chi connectivity index (χ4n) is 4.07. The standard InChI is InChI=1S/C20H31N/c1-2-14-21-20(17-8-4-3-5-9-17)19-13-7-12-18(15-19)16-10-6-11-16/h7,12-13,15-17,20-21H,2-6,8-11,14H2,1H3. The van der Waals surface area contributed by atoms with E-state index >= 15 is 0 Å². The highest BCUT2D eigenvalue weighted by Gasteiger charge is 2.26. The first-order valence-corrected chi connectivity index (χ1v) is 9.21. The SMILES string of the molecule is CCCNC(c1cccc(C2CCC2)c1)C1CCCCC1. The summed E-state index contributed by atoms with van der Waals surface area (Å²) in [7, 11) is 0. The van der Waals surface area contributed by atoms with Crippen LogP contribution in [0.1, 0.15) is 87.8 Å². The van der Waals surface area contributed by atoms with Gasteiger partial charge in [-0.1, -0.05) is 56.9 Å². The van der Waals surface area contributed by atoms with Crippen LogP contribution in [0.15, 0.2) is 24.3 Å². The van der Waals surface area contributed by atoms with Crippen LogP contribution in [0.3, 0.4) is 0 Å². The molecule has 0 saturated heterocycles. The van der Waals surface area contributed by atoms with Crippen LogP contribution >= 0.6 is 0 Å². The van der Waals surface area contributed by atoms with Crippen LogP contribution in [0.2, 0.25) is 0 Å². The van der Waals surface area contributed by atoms with Crippen LogP contribution in [-0.2, 0) is 0 Å². The zero-order chi connectivity index (χ0) is 14.5. The molecule has 2 fully saturated rings. The zero-order valence-electron chi connectivity index (χ0n) is 13.6. The fraction of sp³-hybridized carbons (Fsp3) is 0.700. The first kappa shape index (κ1) is 15.1. The molecular weight excluding hydrogens is 254 g/mol. The van der Waals surface area contributed by atoms with Gasteiger partial charge in [0, 0.05) is 6.04 Å². The van der Waals surface area contributed by atoms with Gasteiger partial charge in [0.15, 0.2) is 0 Å². The first-order chi connectivity index (χ1) is 10.4. The number of hydrogen-bond acceptors (Lipinski definition) is 1. The Morgan fingerprint density at radius 3 is 2.52 bits per heavy atom. The normalized spacial score (nSPS) is 22.0. The Kier molecular flexibility index (Phi) is 5.35. The molecule has 0 aromatic heterocycles. The molecule has 1 nitrogen and oxygen atoms in total. The van der Waals surface area contributed by atoms with E-state index in [0.29, 0.717) is 6.04 Å². The van der Waals surface area contributed by atoms with Gasteiger partial charge in [0.05, 0.1) is 0 Å². The maximum Gasteiger partial charge on any atom is 0.0348 e. The summed E-state index contributed by atoms with van der Waals surface area (Å²) in [5, 5.41) is 3.86. The van der Waals surface area contributed by atoms with Crippen LogP contribution in [0.25, 0.3) is 0 Å². The molecule has 0 bridgehead atoms. The van der Waals surface area contributed by atoms with Gasteiger partial charge >= 0.3 is 0 Å². The second kappa shape index (κ2) is 7.45. The summed E-state index contributed by atoms with van der Waals surface area (Å²) in [4.78, 5) is 0. The van der Waals surface area contributed by atoms with Crippen LogP contribution in [0.4, 0.5) is 0 Å². The van der Waals surface area contributed by atoms with Crippen molar-refractivity contribution in [3.05, 3.63) is 35.4 Å². The number of benzene rings is 1. The largest absolute Gasteiger partial charge is 0.310 e. The molecule has 0 heterocycles. The monoisotopic (exact) mass is 285 g/mol. The average molecular weight is 285 g/mol. The molecule has 3 rings (SSSR count). The van der Waals surface area contributed by atoms with E-state index in [1.165, 1.54) is 57.8 Å². The predicted octanol–water partition coefficient (Wildman–Crippen LogP) is 5.58. The molecule has 0 amide bonds. The fourth-order valence-corrected chi connectivity index (χ4v) is 4.07. The Morgan fingerprint density at radius 2 is 1.86 bits per heavy atom. The molecule has 116 valence electrons. The van der Waals surface area contributed by atoms with Crippen molar-refractivity contribution < 1.29 is 0 Å². The maximum atomic E-state index is 3.86. The second-order valence-electron chi connectivity index (χ2n) is 7.13. The second-order valence-corrected chi connectivity index (χ2v) is 7.13. The van der Waals surface area contributed by atoms with Crippen molar-refractivity contribution >= 4 is 0 Å². The molecular formula is C20H31N. The molecule has 1 atom stereocenters. The molecule has 2 aliphatic rings. The zero-order valence-corrected chi connectivity index (χ0v) is 13.6. The summed E-state index contributed by atoms with van der Waals surface area (Å²) in [5.74, 6) is 1.70. The van der Waals surface area contributed by atoms with Gasteiger partial charge in [-0.05, 0) is 61.6 Å². The molecule has 0 spiro atoms. The molecule has 1 N–H and O–H groups in total. The molecule has 1 aromatic carbocycles. The van der Waals surface area contributed by atoms with Crippen LogP contribution < -0.4 is 5.32 Å². The molecule has 0 aliphatic heterocycles. The van der Waals surface area contributed by atoms with Crippen molar-refractivity contribution in [2.24, 2.45) is 5.92 Å². The van der Waals surface area contributed by atoms with Crippen LogP contribution in [0, 0.1) is 5.92 Å². The first-order valence-electron chi connectivity index (χ1n) is 9.21. The van der Waals surface area contributed by atoms with Gasteiger partial charge in [0.1, 0.15) is 0 Å². The highest BCUT2D eigenvalue weighted by molar-refractivity contribution is 5.30. The molecule has 1 unspecified atom stereocenters. The van der Waals surface area contributed by atoms with Crippen LogP contribution in [0.5, 0.6) is 0 Å². The van der Waals surface area contributed by atoms with Gasteiger partial charge in [-0.2, -0.15) is 0 Å². The minimum absolute atomic E-state index is 0.588. The van der Waals surface area contributed by atoms with Gasteiger partial charge < -0.3 is 5.32 Å². The molecule has 1 aromatic rings. The summed E-state index contributed by atoms with van der Waals surface area (Å²) in [6.45, 7) is 3.42. The topological polar surface area (TPSA) is 12.0 Å². The van der Waals surface area contributed by atoms with Crippen molar-refractivity contribution in [3.8, 4) is 0 Å². The summed E-state index contributed by atoms with van der Waals surface area (Å²) in [6, 6.07) is 10.1. The lowest BCUT2D eigenvalue weighted by Gasteiger charge is -2.33. The maximum absolute atomic E-state index is 3.86. The van der Waals surface area contributed by atoms with E-state index in [1.54, 1.807) is 11.1 Å². The quantitative estimate of drug-likeness (QED) is 0.720. The third-order valence-electron chi connectivity index (χ3n) is 5.58. The molecule has 21 heavy (non-hydrogen) atoms. The Hall–Kier alpha value is -0.820. The lowest BCUT2D eigenvalue weighted by molar-refractivity contribution is 0.271. The van der Waals surface area contributed by atoms with Gasteiger partial charge in [0.2, 0.25) is 0 Å². The Morgan fingerprint density at radius 1 is 1.05 bits per heavy atom. The molecule has 1 heteroatoms. The molecule has 0 radical (unpaired) electrons. The number of nitrogens with one attached hydrogen (secondary N) is 1. The Balaban J connectivity index is 1.77. The summed E-state index contributed by atoms with van der Waals surface area (Å²) < 4.78 is 0. The number of hydrogen-bond donors (Lipinski definition) is 1. The van der Waals surface area contributed by atoms with Crippen molar-refractivity contribution in [1.82, 2.24) is 5.32 Å². The summed E-state index contributed by atoms with van der Waals surface area (Å²) >= 11 is 0. The third-order valence-corrected chi connectivity index (χ3v) is 5.58. The van der Waals surface area contributed by atoms with Crippen molar-refractivity contribution in [3.63, 3.8) is 0 Å². The van der Waals surface area contributed by atoms with Crippen molar-refractivity contribution in [1.29, 1.82) is 0 Å². The Labute approximate surface area is 130 Å². The minimum atomic E-state index is 0.588. The van der Waals surface area contributed by atoms with Gasteiger partial charge in [0.25, 0.3) is 0 Å². The van der Waals surface area contributed by atoms with E-state index in [2.05, 4.69) is 36.5 Å². The van der Waals surface area contributed by atoms with Crippen molar-refractivity contribution in [2.75, 3.05) is 6.54 Å². The lowest BCUT2D eigenvalue weighted by atomic mass is 9.77. The Bertz CT molecular complexity index is 429. The average Bonchev–Trinajstić information content (AvgIpc) is 2.47. The highest BCUT2D eigenvalue weighted by atomic mass is 14.9.